The minimum atomic E-state index is -1.49. The van der Waals surface area contributed by atoms with Crippen LogP contribution in [-0.2, 0) is 25.6 Å². The summed E-state index contributed by atoms with van der Waals surface area (Å²) in [5.74, 6) is -3.35. The Kier molecular flexibility index (Phi) is 9.75. The Morgan fingerprint density at radius 3 is 2.21 bits per heavy atom. The van der Waals surface area contributed by atoms with Gasteiger partial charge in [0.25, 0.3) is 0 Å². The van der Waals surface area contributed by atoms with Crippen LogP contribution < -0.4 is 21.7 Å². The first-order chi connectivity index (χ1) is 13.7. The molecule has 1 rings (SSSR count). The number of nitrogens with one attached hydrogen (secondary N) is 4. The molecule has 29 heavy (non-hydrogen) atoms. The molecule has 0 bridgehead atoms. The maximum Gasteiger partial charge on any atom is 0.328 e. The summed E-state index contributed by atoms with van der Waals surface area (Å²) in [4.78, 5) is 54.7. The maximum atomic E-state index is 12.8. The number of imidazole rings is 1. The Morgan fingerprint density at radius 1 is 1.10 bits per heavy atom. The van der Waals surface area contributed by atoms with Crippen molar-refractivity contribution in [3.05, 3.63) is 18.2 Å². The van der Waals surface area contributed by atoms with Gasteiger partial charge in [-0.15, -0.1) is 0 Å². The van der Waals surface area contributed by atoms with Crippen LogP contribution in [0.4, 0.5) is 0 Å². The number of aromatic nitrogens is 2. The minimum absolute atomic E-state index is 0.00635. The van der Waals surface area contributed by atoms with E-state index in [9.17, 15) is 19.2 Å². The van der Waals surface area contributed by atoms with Crippen molar-refractivity contribution >= 4 is 23.7 Å². The highest BCUT2D eigenvalue weighted by molar-refractivity contribution is 5.93. The average Bonchev–Trinajstić information content (AvgIpc) is 3.16. The lowest BCUT2D eigenvalue weighted by Gasteiger charge is -2.25. The molecule has 12 heteroatoms. The molecule has 0 spiro atoms. The predicted molar refractivity (Wildman–Crippen MR) is 101 cm³/mol. The number of carbonyl (C=O) groups is 4. The average molecular weight is 412 g/mol. The first kappa shape index (κ1) is 24.0. The van der Waals surface area contributed by atoms with Crippen molar-refractivity contribution in [2.45, 2.75) is 44.8 Å². The third kappa shape index (κ3) is 8.27. The van der Waals surface area contributed by atoms with E-state index in [4.69, 9.17) is 15.9 Å². The molecule has 1 aromatic rings. The van der Waals surface area contributed by atoms with Gasteiger partial charge in [-0.3, -0.25) is 14.4 Å². The summed E-state index contributed by atoms with van der Waals surface area (Å²) in [7, 11) is 0. The number of aromatic amines is 1. The van der Waals surface area contributed by atoms with Crippen LogP contribution in [0.3, 0.4) is 0 Å². The van der Waals surface area contributed by atoms with E-state index in [0.29, 0.717) is 5.69 Å². The third-order valence-electron chi connectivity index (χ3n) is 3.95. The van der Waals surface area contributed by atoms with Gasteiger partial charge in [0, 0.05) is 18.3 Å². The fourth-order valence-electron chi connectivity index (χ4n) is 2.51. The molecule has 0 aliphatic heterocycles. The van der Waals surface area contributed by atoms with E-state index in [2.05, 4.69) is 25.9 Å². The molecule has 0 aliphatic carbocycles. The minimum Gasteiger partial charge on any atom is -0.480 e. The summed E-state index contributed by atoms with van der Waals surface area (Å²) < 4.78 is 0. The molecule has 0 radical (unpaired) electrons. The number of hydrogen-bond acceptors (Lipinski definition) is 7. The van der Waals surface area contributed by atoms with E-state index >= 15 is 0 Å². The topological polar surface area (TPSA) is 200 Å². The number of amides is 3. The number of aliphatic hydroxyl groups is 1. The first-order valence-corrected chi connectivity index (χ1v) is 9.09. The van der Waals surface area contributed by atoms with Crippen LogP contribution in [0.25, 0.3) is 0 Å². The predicted octanol–water partition coefficient (Wildman–Crippen LogP) is -2.51. The second-order valence-electron chi connectivity index (χ2n) is 6.88. The van der Waals surface area contributed by atoms with Crippen LogP contribution in [0.5, 0.6) is 0 Å². The van der Waals surface area contributed by atoms with Gasteiger partial charge in [0.15, 0.2) is 0 Å². The van der Waals surface area contributed by atoms with Crippen molar-refractivity contribution in [2.75, 3.05) is 13.2 Å². The number of hydrogen-bond donors (Lipinski definition) is 7. The van der Waals surface area contributed by atoms with Crippen LogP contribution in [0.1, 0.15) is 26.0 Å². The van der Waals surface area contributed by atoms with Crippen LogP contribution in [0.15, 0.2) is 12.5 Å². The molecule has 0 saturated carbocycles. The number of aliphatic hydroxyl groups excluding tert-OH is 1. The van der Waals surface area contributed by atoms with Gasteiger partial charge in [-0.2, -0.15) is 0 Å². The molecule has 3 atom stereocenters. The highest BCUT2D eigenvalue weighted by Crippen LogP contribution is 2.07. The lowest BCUT2D eigenvalue weighted by molar-refractivity contribution is -0.143. The summed E-state index contributed by atoms with van der Waals surface area (Å²) in [6, 6.07) is -3.58. The number of carboxylic acid groups (broad SMARTS) is 1. The van der Waals surface area contributed by atoms with E-state index in [-0.39, 0.29) is 25.3 Å². The summed E-state index contributed by atoms with van der Waals surface area (Å²) in [6.45, 7) is 2.54. The maximum absolute atomic E-state index is 12.8. The zero-order valence-corrected chi connectivity index (χ0v) is 16.3. The van der Waals surface area contributed by atoms with E-state index in [1.807, 2.05) is 13.8 Å². The number of carboxylic acids is 1. The van der Waals surface area contributed by atoms with Gasteiger partial charge in [0.2, 0.25) is 17.7 Å². The number of H-pyrrole nitrogens is 1. The number of carbonyl (C=O) groups excluding carboxylic acids is 3. The van der Waals surface area contributed by atoms with Gasteiger partial charge in [0.1, 0.15) is 18.1 Å². The van der Waals surface area contributed by atoms with Crippen molar-refractivity contribution in [3.8, 4) is 0 Å². The van der Waals surface area contributed by atoms with Crippen LogP contribution >= 0.6 is 0 Å². The zero-order valence-electron chi connectivity index (χ0n) is 16.3. The molecule has 162 valence electrons. The molecular weight excluding hydrogens is 384 g/mol. The Labute approximate surface area is 167 Å². The van der Waals surface area contributed by atoms with Gasteiger partial charge in [-0.05, 0) is 12.3 Å². The monoisotopic (exact) mass is 412 g/mol. The standard InChI is InChI=1S/C17H28N6O6/c1-9(2)3-11(15(26)23-13(7-24)17(28)29)22-16(27)12(21-14(25)5-18)4-10-6-19-8-20-10/h6,8-9,11-13,24H,3-5,7,18H2,1-2H3,(H,19,20)(H,21,25)(H,22,27)(H,23,26)(H,28,29). The van der Waals surface area contributed by atoms with E-state index in [0.717, 1.165) is 0 Å². The number of nitrogens with two attached hydrogens (primary N) is 1. The van der Waals surface area contributed by atoms with Gasteiger partial charge < -0.3 is 36.9 Å². The van der Waals surface area contributed by atoms with Crippen LogP contribution in [0, 0.1) is 5.92 Å². The van der Waals surface area contributed by atoms with Crippen molar-refractivity contribution in [1.82, 2.24) is 25.9 Å². The Balaban J connectivity index is 2.93. The number of nitrogens with zero attached hydrogens (tertiary/aromatic N) is 1. The van der Waals surface area contributed by atoms with Gasteiger partial charge in [-0.25, -0.2) is 9.78 Å². The number of aliphatic carboxylic acids is 1. The lowest BCUT2D eigenvalue weighted by atomic mass is 10.0. The van der Waals surface area contributed by atoms with E-state index < -0.39 is 48.4 Å². The van der Waals surface area contributed by atoms with Crippen molar-refractivity contribution < 1.29 is 29.4 Å². The van der Waals surface area contributed by atoms with Crippen LogP contribution in [-0.4, -0.2) is 75.1 Å². The summed E-state index contributed by atoms with van der Waals surface area (Å²) in [5, 5.41) is 25.3. The SMILES string of the molecule is CC(C)CC(NC(=O)C(Cc1cnc[nH]1)NC(=O)CN)C(=O)NC(CO)C(=O)O. The molecular formula is C17H28N6O6. The quantitative estimate of drug-likeness (QED) is 0.195. The molecule has 8 N–H and O–H groups in total. The van der Waals surface area contributed by atoms with Gasteiger partial charge >= 0.3 is 5.97 Å². The zero-order chi connectivity index (χ0) is 22.0. The first-order valence-electron chi connectivity index (χ1n) is 9.09. The summed E-state index contributed by atoms with van der Waals surface area (Å²) in [6.07, 6.45) is 3.22. The molecule has 3 amide bonds. The van der Waals surface area contributed by atoms with Crippen molar-refractivity contribution in [3.63, 3.8) is 0 Å². The number of rotatable bonds is 12. The lowest BCUT2D eigenvalue weighted by Crippen LogP contribution is -2.57. The molecule has 0 aliphatic rings. The normalized spacial score (nSPS) is 14.0. The van der Waals surface area contributed by atoms with Gasteiger partial charge in [0.05, 0.1) is 19.5 Å². The molecule has 1 heterocycles. The fourth-order valence-corrected chi connectivity index (χ4v) is 2.51. The highest BCUT2D eigenvalue weighted by atomic mass is 16.4. The molecule has 1 aromatic heterocycles. The summed E-state index contributed by atoms with van der Waals surface area (Å²) in [5.41, 5.74) is 5.88. The molecule has 0 fully saturated rings. The van der Waals surface area contributed by atoms with E-state index in [1.165, 1.54) is 12.5 Å². The second-order valence-corrected chi connectivity index (χ2v) is 6.88. The van der Waals surface area contributed by atoms with E-state index in [1.54, 1.807) is 0 Å². The van der Waals surface area contributed by atoms with Crippen LogP contribution in [0.2, 0.25) is 0 Å². The molecule has 0 aromatic carbocycles. The molecule has 12 nitrogen and oxygen atoms in total. The summed E-state index contributed by atoms with van der Waals surface area (Å²) >= 11 is 0. The third-order valence-corrected chi connectivity index (χ3v) is 3.95. The smallest absolute Gasteiger partial charge is 0.328 e. The highest BCUT2D eigenvalue weighted by Gasteiger charge is 2.30. The second kappa shape index (κ2) is 11.8. The molecule has 3 unspecified atom stereocenters. The fraction of sp³-hybridized carbons (Fsp3) is 0.588. The Morgan fingerprint density at radius 2 is 1.72 bits per heavy atom. The van der Waals surface area contributed by atoms with Gasteiger partial charge in [-0.1, -0.05) is 13.8 Å². The largest absolute Gasteiger partial charge is 0.480 e. The Hall–Kier alpha value is -2.99. The van der Waals surface area contributed by atoms with Crippen molar-refractivity contribution in [2.24, 2.45) is 11.7 Å². The molecule has 0 saturated heterocycles. The van der Waals surface area contributed by atoms with Crippen molar-refractivity contribution in [1.29, 1.82) is 0 Å². The Bertz CT molecular complexity index is 693.